The third kappa shape index (κ3) is 4.50. The van der Waals surface area contributed by atoms with Gasteiger partial charge in [0, 0.05) is 29.8 Å². The smallest absolute Gasteiger partial charge is 0.236 e. The maximum absolute atomic E-state index is 12.1. The molecule has 2 aliphatic rings. The number of rotatable bonds is 6. The van der Waals surface area contributed by atoms with Gasteiger partial charge in [-0.15, -0.1) is 11.8 Å². The lowest BCUT2D eigenvalue weighted by Crippen LogP contribution is -2.39. The molecule has 1 heterocycles. The van der Waals surface area contributed by atoms with Crippen molar-refractivity contribution in [3.63, 3.8) is 0 Å². The van der Waals surface area contributed by atoms with Crippen LogP contribution in [0, 0.1) is 5.92 Å². The molecule has 1 unspecified atom stereocenters. The molecule has 0 aromatic heterocycles. The van der Waals surface area contributed by atoms with Gasteiger partial charge in [0.25, 0.3) is 0 Å². The normalized spacial score (nSPS) is 24.8. The van der Waals surface area contributed by atoms with Crippen molar-refractivity contribution in [3.05, 3.63) is 30.3 Å². The summed E-state index contributed by atoms with van der Waals surface area (Å²) in [6, 6.07) is 11.2. The van der Waals surface area contributed by atoms with Gasteiger partial charge < -0.3 is 10.2 Å². The summed E-state index contributed by atoms with van der Waals surface area (Å²) in [5.74, 6) is 2.27. The zero-order chi connectivity index (χ0) is 15.2. The summed E-state index contributed by atoms with van der Waals surface area (Å²) in [6.07, 6.45) is 6.07. The van der Waals surface area contributed by atoms with E-state index in [1.54, 1.807) is 0 Å². The van der Waals surface area contributed by atoms with E-state index in [2.05, 4.69) is 35.6 Å². The SMILES string of the molecule is O=C(CN[C@H]1CCC(CSc2ccccc2)C1)N1CCCC1. The van der Waals surface area contributed by atoms with Crippen LogP contribution in [0.25, 0.3) is 0 Å². The molecule has 4 heteroatoms. The van der Waals surface area contributed by atoms with E-state index in [1.807, 2.05) is 16.7 Å². The maximum Gasteiger partial charge on any atom is 0.236 e. The Labute approximate surface area is 137 Å². The highest BCUT2D eigenvalue weighted by Crippen LogP contribution is 2.31. The average Bonchev–Trinajstić information content (AvgIpc) is 3.23. The molecule has 3 rings (SSSR count). The van der Waals surface area contributed by atoms with Crippen LogP contribution in [-0.4, -0.2) is 42.2 Å². The minimum atomic E-state index is 0.291. The van der Waals surface area contributed by atoms with Gasteiger partial charge in [-0.3, -0.25) is 4.79 Å². The number of carbonyl (C=O) groups excluding carboxylic acids is 1. The van der Waals surface area contributed by atoms with E-state index in [-0.39, 0.29) is 0 Å². The zero-order valence-electron chi connectivity index (χ0n) is 13.2. The molecule has 1 N–H and O–H groups in total. The molecule has 0 radical (unpaired) electrons. The Morgan fingerprint density at radius 2 is 1.95 bits per heavy atom. The van der Waals surface area contributed by atoms with Gasteiger partial charge in [-0.25, -0.2) is 0 Å². The summed E-state index contributed by atoms with van der Waals surface area (Å²) >= 11 is 1.96. The van der Waals surface area contributed by atoms with E-state index in [4.69, 9.17) is 0 Å². The minimum Gasteiger partial charge on any atom is -0.342 e. The van der Waals surface area contributed by atoms with Gasteiger partial charge in [0.2, 0.25) is 5.91 Å². The van der Waals surface area contributed by atoms with E-state index in [0.29, 0.717) is 18.5 Å². The Bertz CT molecular complexity index is 473. The predicted molar refractivity (Wildman–Crippen MR) is 92.1 cm³/mol. The fraction of sp³-hybridized carbons (Fsp3) is 0.611. The van der Waals surface area contributed by atoms with Crippen molar-refractivity contribution in [1.29, 1.82) is 0 Å². The number of thioether (sulfide) groups is 1. The predicted octanol–water partition coefficient (Wildman–Crippen LogP) is 3.16. The van der Waals surface area contributed by atoms with Crippen LogP contribution in [0.1, 0.15) is 32.1 Å². The van der Waals surface area contributed by atoms with Crippen LogP contribution in [0.5, 0.6) is 0 Å². The third-order valence-electron chi connectivity index (χ3n) is 4.77. The molecule has 0 spiro atoms. The number of carbonyl (C=O) groups is 1. The first-order valence-electron chi connectivity index (χ1n) is 8.50. The molecule has 1 aliphatic carbocycles. The Morgan fingerprint density at radius 3 is 2.73 bits per heavy atom. The van der Waals surface area contributed by atoms with E-state index in [9.17, 15) is 4.79 Å². The minimum absolute atomic E-state index is 0.291. The molecule has 1 saturated heterocycles. The first-order valence-corrected chi connectivity index (χ1v) is 9.49. The van der Waals surface area contributed by atoms with Gasteiger partial charge in [-0.1, -0.05) is 18.2 Å². The topological polar surface area (TPSA) is 32.3 Å². The summed E-state index contributed by atoms with van der Waals surface area (Å²) in [4.78, 5) is 15.4. The molecule has 1 amide bonds. The zero-order valence-corrected chi connectivity index (χ0v) is 14.0. The van der Waals surface area contributed by atoms with Gasteiger partial charge in [0.15, 0.2) is 0 Å². The number of benzene rings is 1. The molecule has 2 atom stereocenters. The Balaban J connectivity index is 1.34. The first kappa shape index (κ1) is 15.9. The van der Waals surface area contributed by atoms with Crippen molar-refractivity contribution in [2.24, 2.45) is 5.92 Å². The molecule has 0 bridgehead atoms. The summed E-state index contributed by atoms with van der Waals surface area (Å²) in [5.41, 5.74) is 0. The molecular weight excluding hydrogens is 292 g/mol. The van der Waals surface area contributed by atoms with Crippen molar-refractivity contribution in [2.45, 2.75) is 43.0 Å². The molecule has 1 aromatic rings. The molecule has 2 fully saturated rings. The van der Waals surface area contributed by atoms with Crippen molar-refractivity contribution in [2.75, 3.05) is 25.4 Å². The fourth-order valence-electron chi connectivity index (χ4n) is 3.45. The van der Waals surface area contributed by atoms with Crippen LogP contribution >= 0.6 is 11.8 Å². The lowest BCUT2D eigenvalue weighted by atomic mass is 10.1. The third-order valence-corrected chi connectivity index (χ3v) is 6.01. The van der Waals surface area contributed by atoms with Crippen LogP contribution < -0.4 is 5.32 Å². The highest BCUT2D eigenvalue weighted by molar-refractivity contribution is 7.99. The van der Waals surface area contributed by atoms with Crippen LogP contribution in [0.4, 0.5) is 0 Å². The van der Waals surface area contributed by atoms with Crippen LogP contribution in [0.15, 0.2) is 35.2 Å². The van der Waals surface area contributed by atoms with E-state index in [1.165, 1.54) is 42.8 Å². The molecule has 3 nitrogen and oxygen atoms in total. The van der Waals surface area contributed by atoms with Crippen molar-refractivity contribution >= 4 is 17.7 Å². The summed E-state index contributed by atoms with van der Waals surface area (Å²) in [7, 11) is 0. The molecule has 1 saturated carbocycles. The van der Waals surface area contributed by atoms with E-state index in [0.717, 1.165) is 19.0 Å². The summed E-state index contributed by atoms with van der Waals surface area (Å²) in [6.45, 7) is 2.45. The first-order chi connectivity index (χ1) is 10.8. The quantitative estimate of drug-likeness (QED) is 0.818. The van der Waals surface area contributed by atoms with Gasteiger partial charge >= 0.3 is 0 Å². The Kier molecular flexibility index (Phi) is 5.79. The fourth-order valence-corrected chi connectivity index (χ4v) is 4.53. The molecule has 22 heavy (non-hydrogen) atoms. The number of hydrogen-bond donors (Lipinski definition) is 1. The lowest BCUT2D eigenvalue weighted by Gasteiger charge is -2.18. The number of amides is 1. The molecule has 1 aromatic carbocycles. The number of nitrogens with one attached hydrogen (secondary N) is 1. The maximum atomic E-state index is 12.1. The largest absolute Gasteiger partial charge is 0.342 e. The van der Waals surface area contributed by atoms with Crippen LogP contribution in [-0.2, 0) is 4.79 Å². The van der Waals surface area contributed by atoms with Crippen molar-refractivity contribution < 1.29 is 4.79 Å². The Morgan fingerprint density at radius 1 is 1.18 bits per heavy atom. The second-order valence-electron chi connectivity index (χ2n) is 6.47. The second kappa shape index (κ2) is 8.02. The van der Waals surface area contributed by atoms with Gasteiger partial charge in [-0.2, -0.15) is 0 Å². The average molecular weight is 318 g/mol. The van der Waals surface area contributed by atoms with E-state index < -0.39 is 0 Å². The van der Waals surface area contributed by atoms with Crippen LogP contribution in [0.2, 0.25) is 0 Å². The molecule has 120 valence electrons. The van der Waals surface area contributed by atoms with Crippen molar-refractivity contribution in [1.82, 2.24) is 10.2 Å². The number of nitrogens with zero attached hydrogens (tertiary/aromatic N) is 1. The summed E-state index contributed by atoms with van der Waals surface area (Å²) in [5, 5.41) is 3.49. The standard InChI is InChI=1S/C18H26N2OS/c21-18(20-10-4-5-11-20)13-19-16-9-8-15(12-16)14-22-17-6-2-1-3-7-17/h1-3,6-7,15-16,19H,4-5,8-14H2/t15?,16-/m0/s1. The van der Waals surface area contributed by atoms with E-state index >= 15 is 0 Å². The summed E-state index contributed by atoms with van der Waals surface area (Å²) < 4.78 is 0. The number of hydrogen-bond acceptors (Lipinski definition) is 3. The van der Waals surface area contributed by atoms with Gasteiger partial charge in [0.1, 0.15) is 0 Å². The van der Waals surface area contributed by atoms with Gasteiger partial charge in [0.05, 0.1) is 6.54 Å². The highest BCUT2D eigenvalue weighted by atomic mass is 32.2. The lowest BCUT2D eigenvalue weighted by molar-refractivity contribution is -0.129. The van der Waals surface area contributed by atoms with Crippen LogP contribution in [0.3, 0.4) is 0 Å². The second-order valence-corrected chi connectivity index (χ2v) is 7.56. The van der Waals surface area contributed by atoms with Gasteiger partial charge in [-0.05, 0) is 50.2 Å². The Hall–Kier alpha value is -1.00. The monoisotopic (exact) mass is 318 g/mol. The molecule has 1 aliphatic heterocycles. The highest BCUT2D eigenvalue weighted by Gasteiger charge is 2.26. The van der Waals surface area contributed by atoms with Crippen molar-refractivity contribution in [3.8, 4) is 0 Å². The molecular formula is C18H26N2OS. The number of likely N-dealkylation sites (tertiary alicyclic amines) is 1.